The van der Waals surface area contributed by atoms with E-state index in [9.17, 15) is 0 Å². The van der Waals surface area contributed by atoms with Crippen molar-refractivity contribution in [3.05, 3.63) is 41.5 Å². The molecule has 0 aliphatic carbocycles. The number of benzene rings is 1. The number of nitrogens with zero attached hydrogens (tertiary/aromatic N) is 4. The highest BCUT2D eigenvalue weighted by atomic mass is 35.5. The molecule has 110 valence electrons. The Labute approximate surface area is 128 Å². The normalized spacial score (nSPS) is 11.2. The second-order valence-corrected chi connectivity index (χ2v) is 5.25. The van der Waals surface area contributed by atoms with E-state index < -0.39 is 0 Å². The number of aromatic nitrogens is 4. The number of fused-ring (bicyclic) bond motifs is 1. The Kier molecular flexibility index (Phi) is 3.59. The van der Waals surface area contributed by atoms with Crippen LogP contribution in [0.4, 0.5) is 0 Å². The maximum Gasteiger partial charge on any atom is 0.125 e. The Morgan fingerprint density at radius 1 is 1.33 bits per heavy atom. The average Bonchev–Trinajstić information content (AvgIpc) is 3.01. The van der Waals surface area contributed by atoms with E-state index in [4.69, 9.17) is 16.3 Å². The van der Waals surface area contributed by atoms with Crippen LogP contribution >= 0.6 is 11.6 Å². The van der Waals surface area contributed by atoms with Crippen molar-refractivity contribution in [3.8, 4) is 5.75 Å². The van der Waals surface area contributed by atoms with Crippen molar-refractivity contribution in [1.29, 1.82) is 0 Å². The van der Waals surface area contributed by atoms with E-state index in [1.54, 1.807) is 7.11 Å². The summed E-state index contributed by atoms with van der Waals surface area (Å²) in [5.41, 5.74) is 4.24. The molecule has 0 saturated heterocycles. The van der Waals surface area contributed by atoms with Crippen LogP contribution in [-0.4, -0.2) is 26.4 Å². The summed E-state index contributed by atoms with van der Waals surface area (Å²) in [4.78, 5) is 4.59. The topological polar surface area (TPSA) is 44.9 Å². The molecule has 2 heterocycles. The highest BCUT2D eigenvalue weighted by molar-refractivity contribution is 6.16. The monoisotopic (exact) mass is 304 g/mol. The third-order valence-corrected chi connectivity index (χ3v) is 4.06. The van der Waals surface area contributed by atoms with Crippen molar-refractivity contribution in [2.45, 2.75) is 19.3 Å². The standard InChI is InChI=1S/C15H17ClN4O/c1-10-11(8-17-19(10)2)9-20-14-6-12(21-3)4-5-13(14)18-15(20)7-16/h4-6,8H,7,9H2,1-3H3. The molecule has 0 atom stereocenters. The van der Waals surface area contributed by atoms with Gasteiger partial charge in [-0.15, -0.1) is 11.6 Å². The lowest BCUT2D eigenvalue weighted by atomic mass is 10.2. The fraction of sp³-hybridized carbons (Fsp3) is 0.333. The van der Waals surface area contributed by atoms with E-state index in [1.807, 2.05) is 36.1 Å². The first kappa shape index (κ1) is 13.9. The summed E-state index contributed by atoms with van der Waals surface area (Å²) in [6.07, 6.45) is 1.89. The molecule has 0 fully saturated rings. The number of rotatable bonds is 4. The molecule has 0 N–H and O–H groups in total. The summed E-state index contributed by atoms with van der Waals surface area (Å²) in [6.45, 7) is 2.76. The minimum atomic E-state index is 0.371. The molecular formula is C15H17ClN4O. The number of imidazole rings is 1. The fourth-order valence-corrected chi connectivity index (χ4v) is 2.63. The van der Waals surface area contributed by atoms with Gasteiger partial charge in [0.1, 0.15) is 11.6 Å². The van der Waals surface area contributed by atoms with Crippen LogP contribution in [0.3, 0.4) is 0 Å². The smallest absolute Gasteiger partial charge is 0.125 e. The summed E-state index contributed by atoms with van der Waals surface area (Å²) < 4.78 is 9.30. The minimum Gasteiger partial charge on any atom is -0.497 e. The number of hydrogen-bond acceptors (Lipinski definition) is 3. The molecule has 2 aromatic heterocycles. The van der Waals surface area contributed by atoms with Crippen LogP contribution in [0, 0.1) is 6.92 Å². The molecule has 3 rings (SSSR count). The number of ether oxygens (including phenoxy) is 1. The first-order valence-corrected chi connectivity index (χ1v) is 7.24. The SMILES string of the molecule is COc1ccc2nc(CCl)n(Cc3cnn(C)c3C)c2c1. The number of hydrogen-bond donors (Lipinski definition) is 0. The Hall–Kier alpha value is -2.01. The van der Waals surface area contributed by atoms with Crippen LogP contribution in [0.25, 0.3) is 11.0 Å². The highest BCUT2D eigenvalue weighted by Gasteiger charge is 2.13. The lowest BCUT2D eigenvalue weighted by Crippen LogP contribution is -2.05. The van der Waals surface area contributed by atoms with E-state index in [1.165, 1.54) is 0 Å². The molecule has 0 radical (unpaired) electrons. The number of methoxy groups -OCH3 is 1. The van der Waals surface area contributed by atoms with Crippen LogP contribution in [0.15, 0.2) is 24.4 Å². The molecule has 3 aromatic rings. The van der Waals surface area contributed by atoms with E-state index in [2.05, 4.69) is 21.6 Å². The molecule has 0 spiro atoms. The second kappa shape index (κ2) is 5.41. The molecular weight excluding hydrogens is 288 g/mol. The quantitative estimate of drug-likeness (QED) is 0.696. The van der Waals surface area contributed by atoms with Crippen molar-refractivity contribution in [3.63, 3.8) is 0 Å². The molecule has 21 heavy (non-hydrogen) atoms. The fourth-order valence-electron chi connectivity index (χ4n) is 2.43. The Morgan fingerprint density at radius 2 is 2.14 bits per heavy atom. The summed E-state index contributed by atoms with van der Waals surface area (Å²) in [7, 11) is 3.60. The average molecular weight is 305 g/mol. The first-order valence-electron chi connectivity index (χ1n) is 6.70. The molecule has 0 aliphatic heterocycles. The molecule has 0 unspecified atom stereocenters. The predicted octanol–water partition coefficient (Wildman–Crippen LogP) is 2.87. The molecule has 0 amide bonds. The Morgan fingerprint density at radius 3 is 2.76 bits per heavy atom. The molecule has 0 aliphatic rings. The van der Waals surface area contributed by atoms with Gasteiger partial charge in [0.15, 0.2) is 0 Å². The van der Waals surface area contributed by atoms with Crippen LogP contribution in [0.2, 0.25) is 0 Å². The van der Waals surface area contributed by atoms with Crippen LogP contribution in [-0.2, 0) is 19.5 Å². The third-order valence-electron chi connectivity index (χ3n) is 3.82. The summed E-state index contributed by atoms with van der Waals surface area (Å²) in [5, 5.41) is 4.29. The van der Waals surface area contributed by atoms with Gasteiger partial charge < -0.3 is 9.30 Å². The lowest BCUT2D eigenvalue weighted by Gasteiger charge is -2.08. The predicted molar refractivity (Wildman–Crippen MR) is 82.9 cm³/mol. The molecule has 1 aromatic carbocycles. The van der Waals surface area contributed by atoms with Gasteiger partial charge in [-0.1, -0.05) is 0 Å². The molecule has 0 saturated carbocycles. The second-order valence-electron chi connectivity index (χ2n) is 4.98. The van der Waals surface area contributed by atoms with Gasteiger partial charge in [-0.2, -0.15) is 5.10 Å². The lowest BCUT2D eigenvalue weighted by molar-refractivity contribution is 0.415. The largest absolute Gasteiger partial charge is 0.497 e. The van der Waals surface area contributed by atoms with Crippen LogP contribution < -0.4 is 4.74 Å². The van der Waals surface area contributed by atoms with E-state index in [-0.39, 0.29) is 0 Å². The molecule has 6 heteroatoms. The summed E-state index contributed by atoms with van der Waals surface area (Å²) in [6, 6.07) is 5.86. The molecule has 5 nitrogen and oxygen atoms in total. The van der Waals surface area contributed by atoms with Gasteiger partial charge in [0.2, 0.25) is 0 Å². The minimum absolute atomic E-state index is 0.371. The zero-order valence-electron chi connectivity index (χ0n) is 12.3. The van der Waals surface area contributed by atoms with Crippen molar-refractivity contribution in [2.24, 2.45) is 7.05 Å². The van der Waals surface area contributed by atoms with Crippen molar-refractivity contribution < 1.29 is 4.74 Å². The third kappa shape index (κ3) is 2.38. The van der Waals surface area contributed by atoms with Crippen molar-refractivity contribution >= 4 is 22.6 Å². The Balaban J connectivity index is 2.12. The van der Waals surface area contributed by atoms with Gasteiger partial charge in [-0.05, 0) is 19.1 Å². The van der Waals surface area contributed by atoms with E-state index in [0.717, 1.165) is 33.9 Å². The van der Waals surface area contributed by atoms with Gasteiger partial charge in [0, 0.05) is 24.4 Å². The Bertz CT molecular complexity index is 790. The summed E-state index contributed by atoms with van der Waals surface area (Å²) in [5.74, 6) is 2.03. The van der Waals surface area contributed by atoms with E-state index >= 15 is 0 Å². The van der Waals surface area contributed by atoms with Gasteiger partial charge in [-0.25, -0.2) is 4.98 Å². The maximum absolute atomic E-state index is 6.05. The van der Waals surface area contributed by atoms with Crippen molar-refractivity contribution in [1.82, 2.24) is 19.3 Å². The van der Waals surface area contributed by atoms with Gasteiger partial charge in [0.25, 0.3) is 0 Å². The van der Waals surface area contributed by atoms with E-state index in [0.29, 0.717) is 12.4 Å². The van der Waals surface area contributed by atoms with Gasteiger partial charge in [0.05, 0.1) is 36.8 Å². The van der Waals surface area contributed by atoms with Gasteiger partial charge in [-0.3, -0.25) is 4.68 Å². The summed E-state index contributed by atoms with van der Waals surface area (Å²) >= 11 is 6.05. The highest BCUT2D eigenvalue weighted by Crippen LogP contribution is 2.24. The van der Waals surface area contributed by atoms with Gasteiger partial charge >= 0.3 is 0 Å². The number of halogens is 1. The first-order chi connectivity index (χ1) is 10.1. The van der Waals surface area contributed by atoms with Crippen molar-refractivity contribution in [2.75, 3.05) is 7.11 Å². The maximum atomic E-state index is 6.05. The number of aryl methyl sites for hydroxylation is 1. The van der Waals surface area contributed by atoms with Crippen LogP contribution in [0.5, 0.6) is 5.75 Å². The number of alkyl halides is 1. The zero-order valence-corrected chi connectivity index (χ0v) is 13.1. The molecule has 0 bridgehead atoms. The zero-order chi connectivity index (χ0) is 15.0. The van der Waals surface area contributed by atoms with Crippen LogP contribution in [0.1, 0.15) is 17.1 Å².